The molecule has 1 saturated heterocycles. The van der Waals surface area contributed by atoms with Gasteiger partial charge in [0.1, 0.15) is 13.2 Å². The Labute approximate surface area is 135 Å². The van der Waals surface area contributed by atoms with Crippen LogP contribution >= 0.6 is 0 Å². The van der Waals surface area contributed by atoms with Gasteiger partial charge in [-0.05, 0) is 30.5 Å². The number of hydrogen-bond donors (Lipinski definition) is 1. The van der Waals surface area contributed by atoms with Crippen molar-refractivity contribution in [2.75, 3.05) is 26.3 Å². The topological polar surface area (TPSA) is 67.9 Å². The van der Waals surface area contributed by atoms with E-state index in [0.29, 0.717) is 38.5 Å². The lowest BCUT2D eigenvalue weighted by Gasteiger charge is -2.20. The maximum Gasteiger partial charge on any atom is 0.239 e. The average Bonchev–Trinajstić information content (AvgIpc) is 2.77. The summed E-state index contributed by atoms with van der Waals surface area (Å²) in [5.74, 6) is 1.40. The second-order valence-corrected chi connectivity index (χ2v) is 5.88. The quantitative estimate of drug-likeness (QED) is 0.913. The molecule has 1 aromatic rings. The number of carbonyl (C=O) groups excluding carboxylic acids is 2. The normalized spacial score (nSPS) is 17.6. The summed E-state index contributed by atoms with van der Waals surface area (Å²) < 4.78 is 11.0. The highest BCUT2D eigenvalue weighted by atomic mass is 16.6. The number of carbonyl (C=O) groups is 2. The first kappa shape index (κ1) is 15.6. The number of fused-ring (bicyclic) bond motifs is 1. The standard InChI is InChI=1S/C17H22N2O4/c20-16(12-19-7-3-1-2-4-17(19)21)18-11-13-5-6-14-15(10-13)23-9-8-22-14/h5-6,10H,1-4,7-9,11-12H2,(H,18,20). The Morgan fingerprint density at radius 2 is 1.96 bits per heavy atom. The third kappa shape index (κ3) is 4.15. The molecule has 2 aliphatic rings. The summed E-state index contributed by atoms with van der Waals surface area (Å²) in [5, 5.41) is 2.86. The van der Waals surface area contributed by atoms with E-state index in [0.717, 1.165) is 30.6 Å². The molecule has 3 rings (SSSR count). The first-order valence-electron chi connectivity index (χ1n) is 8.15. The molecule has 0 aromatic heterocycles. The number of amides is 2. The van der Waals surface area contributed by atoms with Crippen molar-refractivity contribution in [3.05, 3.63) is 23.8 Å². The van der Waals surface area contributed by atoms with Gasteiger partial charge in [0.2, 0.25) is 11.8 Å². The maximum atomic E-state index is 12.1. The molecule has 23 heavy (non-hydrogen) atoms. The van der Waals surface area contributed by atoms with Crippen molar-refractivity contribution in [1.82, 2.24) is 10.2 Å². The lowest BCUT2D eigenvalue weighted by Crippen LogP contribution is -2.40. The largest absolute Gasteiger partial charge is 0.486 e. The highest BCUT2D eigenvalue weighted by Gasteiger charge is 2.19. The van der Waals surface area contributed by atoms with Crippen LogP contribution in [0.2, 0.25) is 0 Å². The van der Waals surface area contributed by atoms with E-state index in [4.69, 9.17) is 9.47 Å². The molecule has 0 spiro atoms. The van der Waals surface area contributed by atoms with Gasteiger partial charge >= 0.3 is 0 Å². The zero-order chi connectivity index (χ0) is 16.1. The highest BCUT2D eigenvalue weighted by Crippen LogP contribution is 2.30. The summed E-state index contributed by atoms with van der Waals surface area (Å²) in [4.78, 5) is 25.6. The van der Waals surface area contributed by atoms with Crippen LogP contribution in [0, 0.1) is 0 Å². The monoisotopic (exact) mass is 318 g/mol. The summed E-state index contributed by atoms with van der Waals surface area (Å²) in [5.41, 5.74) is 0.949. The molecule has 0 aliphatic carbocycles. The number of nitrogens with zero attached hydrogens (tertiary/aromatic N) is 1. The minimum atomic E-state index is -0.130. The van der Waals surface area contributed by atoms with Gasteiger partial charge in [-0.15, -0.1) is 0 Å². The molecule has 2 aliphatic heterocycles. The van der Waals surface area contributed by atoms with Gasteiger partial charge in [-0.3, -0.25) is 9.59 Å². The molecule has 0 saturated carbocycles. The van der Waals surface area contributed by atoms with Crippen LogP contribution in [0.1, 0.15) is 31.2 Å². The van der Waals surface area contributed by atoms with Gasteiger partial charge in [0.15, 0.2) is 11.5 Å². The molecule has 2 amide bonds. The average molecular weight is 318 g/mol. The minimum absolute atomic E-state index is 0.0805. The van der Waals surface area contributed by atoms with Crippen molar-refractivity contribution in [2.45, 2.75) is 32.2 Å². The first-order valence-corrected chi connectivity index (χ1v) is 8.15. The van der Waals surface area contributed by atoms with E-state index >= 15 is 0 Å². The molecule has 1 aromatic carbocycles. The SMILES string of the molecule is O=C(CN1CCCCCC1=O)NCc1ccc2c(c1)OCCO2. The molecular weight excluding hydrogens is 296 g/mol. The summed E-state index contributed by atoms with van der Waals surface area (Å²) >= 11 is 0. The molecule has 0 radical (unpaired) electrons. The summed E-state index contributed by atoms with van der Waals surface area (Å²) in [7, 11) is 0. The van der Waals surface area contributed by atoms with Crippen molar-refractivity contribution < 1.29 is 19.1 Å². The summed E-state index contributed by atoms with van der Waals surface area (Å²) in [6.45, 7) is 2.34. The van der Waals surface area contributed by atoms with Gasteiger partial charge in [-0.1, -0.05) is 12.5 Å². The highest BCUT2D eigenvalue weighted by molar-refractivity contribution is 5.84. The smallest absolute Gasteiger partial charge is 0.239 e. The second-order valence-electron chi connectivity index (χ2n) is 5.88. The molecule has 124 valence electrons. The fourth-order valence-corrected chi connectivity index (χ4v) is 2.83. The van der Waals surface area contributed by atoms with Gasteiger partial charge in [0.05, 0.1) is 6.54 Å². The molecule has 1 fully saturated rings. The first-order chi connectivity index (χ1) is 11.2. The predicted octanol–water partition coefficient (Wildman–Crippen LogP) is 1.48. The van der Waals surface area contributed by atoms with Crippen LogP contribution in [0.3, 0.4) is 0 Å². The zero-order valence-electron chi connectivity index (χ0n) is 13.2. The number of nitrogens with one attached hydrogen (secondary N) is 1. The Morgan fingerprint density at radius 3 is 2.83 bits per heavy atom. The molecule has 1 N–H and O–H groups in total. The lowest BCUT2D eigenvalue weighted by atomic mass is 10.2. The van der Waals surface area contributed by atoms with Gasteiger partial charge in [0.25, 0.3) is 0 Å². The minimum Gasteiger partial charge on any atom is -0.486 e. The van der Waals surface area contributed by atoms with Gasteiger partial charge in [-0.25, -0.2) is 0 Å². The molecule has 2 heterocycles. The zero-order valence-corrected chi connectivity index (χ0v) is 13.2. The Balaban J connectivity index is 1.51. The van der Waals surface area contributed by atoms with Crippen molar-refractivity contribution in [3.8, 4) is 11.5 Å². The lowest BCUT2D eigenvalue weighted by molar-refractivity contribution is -0.135. The van der Waals surface area contributed by atoms with Gasteiger partial charge in [-0.2, -0.15) is 0 Å². The summed E-state index contributed by atoms with van der Waals surface area (Å²) in [6, 6.07) is 5.64. The number of rotatable bonds is 4. The number of ether oxygens (including phenoxy) is 2. The Morgan fingerprint density at radius 1 is 1.13 bits per heavy atom. The number of likely N-dealkylation sites (tertiary alicyclic amines) is 1. The fourth-order valence-electron chi connectivity index (χ4n) is 2.83. The molecule has 6 nitrogen and oxygen atoms in total. The van der Waals surface area contributed by atoms with Crippen LogP contribution in [-0.4, -0.2) is 43.0 Å². The van der Waals surface area contributed by atoms with Crippen molar-refractivity contribution in [1.29, 1.82) is 0 Å². The Hall–Kier alpha value is -2.24. The Bertz CT molecular complexity index is 588. The third-order valence-corrected chi connectivity index (χ3v) is 4.10. The predicted molar refractivity (Wildman–Crippen MR) is 84.3 cm³/mol. The van der Waals surface area contributed by atoms with Crippen LogP contribution in [0.25, 0.3) is 0 Å². The van der Waals surface area contributed by atoms with E-state index in [9.17, 15) is 9.59 Å². The van der Waals surface area contributed by atoms with Gasteiger partial charge < -0.3 is 19.7 Å². The molecule has 6 heteroatoms. The van der Waals surface area contributed by atoms with Crippen LogP contribution in [-0.2, 0) is 16.1 Å². The molecular formula is C17H22N2O4. The Kier molecular flexibility index (Phi) is 5.00. The van der Waals surface area contributed by atoms with Crippen LogP contribution in [0.4, 0.5) is 0 Å². The van der Waals surface area contributed by atoms with Crippen molar-refractivity contribution in [3.63, 3.8) is 0 Å². The van der Waals surface area contributed by atoms with E-state index in [2.05, 4.69) is 5.32 Å². The van der Waals surface area contributed by atoms with Crippen LogP contribution in [0.5, 0.6) is 11.5 Å². The third-order valence-electron chi connectivity index (χ3n) is 4.10. The van der Waals surface area contributed by atoms with Crippen LogP contribution in [0.15, 0.2) is 18.2 Å². The maximum absolute atomic E-state index is 12.1. The van der Waals surface area contributed by atoms with Crippen molar-refractivity contribution in [2.24, 2.45) is 0 Å². The second kappa shape index (κ2) is 7.35. The molecule has 0 bridgehead atoms. The molecule has 0 unspecified atom stereocenters. The number of benzene rings is 1. The van der Waals surface area contributed by atoms with E-state index in [-0.39, 0.29) is 18.4 Å². The molecule has 0 atom stereocenters. The van der Waals surface area contributed by atoms with E-state index in [1.807, 2.05) is 18.2 Å². The number of hydrogen-bond acceptors (Lipinski definition) is 4. The van der Waals surface area contributed by atoms with Crippen molar-refractivity contribution >= 4 is 11.8 Å². The summed E-state index contributed by atoms with van der Waals surface area (Å²) in [6.07, 6.45) is 3.51. The van der Waals surface area contributed by atoms with Crippen LogP contribution < -0.4 is 14.8 Å². The fraction of sp³-hybridized carbons (Fsp3) is 0.529. The van der Waals surface area contributed by atoms with Gasteiger partial charge in [0, 0.05) is 19.5 Å². The van der Waals surface area contributed by atoms with E-state index < -0.39 is 0 Å². The van der Waals surface area contributed by atoms with E-state index in [1.165, 1.54) is 0 Å². The van der Waals surface area contributed by atoms with E-state index in [1.54, 1.807) is 4.90 Å².